The summed E-state index contributed by atoms with van der Waals surface area (Å²) in [5.41, 5.74) is 0.649. The Hall–Kier alpha value is -0.620. The van der Waals surface area contributed by atoms with Crippen LogP contribution in [0, 0.1) is 5.92 Å². The Labute approximate surface area is 118 Å². The van der Waals surface area contributed by atoms with Crippen LogP contribution in [0.15, 0.2) is 24.3 Å². The molecule has 1 unspecified atom stereocenters. The highest BCUT2D eigenvalue weighted by Gasteiger charge is 2.24. The Morgan fingerprint density at radius 2 is 1.95 bits per heavy atom. The van der Waals surface area contributed by atoms with Crippen LogP contribution in [0.25, 0.3) is 0 Å². The molecule has 0 aromatic heterocycles. The molecule has 19 heavy (non-hydrogen) atoms. The van der Waals surface area contributed by atoms with Gasteiger partial charge in [0.1, 0.15) is 0 Å². The number of sulfonamides is 1. The molecule has 2 rings (SSSR count). The summed E-state index contributed by atoms with van der Waals surface area (Å²) in [6.07, 6.45) is 2.24. The third-order valence-corrected chi connectivity index (χ3v) is 5.20. The average Bonchev–Trinajstić information content (AvgIpc) is 2.32. The zero-order valence-electron chi connectivity index (χ0n) is 10.5. The Morgan fingerprint density at radius 1 is 1.32 bits per heavy atom. The summed E-state index contributed by atoms with van der Waals surface area (Å²) in [7, 11) is -3.29. The van der Waals surface area contributed by atoms with Crippen molar-refractivity contribution in [2.24, 2.45) is 5.92 Å². The van der Waals surface area contributed by atoms with Gasteiger partial charge in [0, 0.05) is 11.6 Å². The van der Waals surface area contributed by atoms with Gasteiger partial charge in [-0.15, -0.1) is 0 Å². The van der Waals surface area contributed by atoms with Crippen molar-refractivity contribution in [1.29, 1.82) is 0 Å². The third-order valence-electron chi connectivity index (χ3n) is 3.43. The van der Waals surface area contributed by atoms with Crippen LogP contribution in [0.1, 0.15) is 30.9 Å². The highest BCUT2D eigenvalue weighted by atomic mass is 35.5. The van der Waals surface area contributed by atoms with E-state index in [-0.39, 0.29) is 18.2 Å². The molecule has 1 aromatic carbocycles. The average molecular weight is 304 g/mol. The zero-order valence-corrected chi connectivity index (χ0v) is 12.1. The van der Waals surface area contributed by atoms with Gasteiger partial charge in [0.05, 0.1) is 11.9 Å². The minimum absolute atomic E-state index is 0.00329. The lowest BCUT2D eigenvalue weighted by molar-refractivity contribution is 0.182. The quantitative estimate of drug-likeness (QED) is 0.845. The topological polar surface area (TPSA) is 66.4 Å². The van der Waals surface area contributed by atoms with Crippen molar-refractivity contribution in [2.75, 3.05) is 12.3 Å². The molecule has 1 aliphatic carbocycles. The highest BCUT2D eigenvalue weighted by molar-refractivity contribution is 7.89. The molecule has 2 N–H and O–H groups in total. The van der Waals surface area contributed by atoms with Crippen LogP contribution in [-0.4, -0.2) is 25.8 Å². The largest absolute Gasteiger partial charge is 0.387 e. The predicted molar refractivity (Wildman–Crippen MR) is 75.5 cm³/mol. The number of halogens is 1. The molecular formula is C13H18ClNO3S. The Balaban J connectivity index is 1.85. The van der Waals surface area contributed by atoms with Crippen LogP contribution in [0.3, 0.4) is 0 Å². The van der Waals surface area contributed by atoms with Gasteiger partial charge >= 0.3 is 0 Å². The summed E-state index contributed by atoms with van der Waals surface area (Å²) < 4.78 is 26.0. The predicted octanol–water partition coefficient (Wildman–Crippen LogP) is 2.09. The van der Waals surface area contributed by atoms with Crippen LogP contribution in [0.5, 0.6) is 0 Å². The van der Waals surface area contributed by atoms with Gasteiger partial charge in [0.2, 0.25) is 10.0 Å². The van der Waals surface area contributed by atoms with Crippen molar-refractivity contribution in [3.8, 4) is 0 Å². The molecule has 0 radical (unpaired) electrons. The van der Waals surface area contributed by atoms with Gasteiger partial charge in [0.25, 0.3) is 0 Å². The number of rotatable bonds is 6. The highest BCUT2D eigenvalue weighted by Crippen LogP contribution is 2.27. The monoisotopic (exact) mass is 303 g/mol. The van der Waals surface area contributed by atoms with E-state index in [9.17, 15) is 13.5 Å². The number of aliphatic hydroxyl groups is 1. The fourth-order valence-electron chi connectivity index (χ4n) is 2.04. The van der Waals surface area contributed by atoms with E-state index in [4.69, 9.17) is 11.6 Å². The second-order valence-corrected chi connectivity index (χ2v) is 7.28. The molecule has 0 heterocycles. The normalized spacial score (nSPS) is 18.0. The lowest BCUT2D eigenvalue weighted by atomic mass is 9.87. The molecule has 0 saturated heterocycles. The van der Waals surface area contributed by atoms with E-state index >= 15 is 0 Å². The van der Waals surface area contributed by atoms with E-state index in [2.05, 4.69) is 4.72 Å². The Bertz CT molecular complexity index is 511. The zero-order chi connectivity index (χ0) is 13.9. The summed E-state index contributed by atoms with van der Waals surface area (Å²) in [6, 6.07) is 6.71. The molecule has 0 amide bonds. The molecule has 1 fully saturated rings. The SMILES string of the molecule is O=S(=O)(CC1CCC1)NCC(O)c1ccc(Cl)cc1. The van der Waals surface area contributed by atoms with Crippen molar-refractivity contribution in [3.05, 3.63) is 34.9 Å². The first-order chi connectivity index (χ1) is 8.96. The number of benzene rings is 1. The van der Waals surface area contributed by atoms with Crippen LogP contribution < -0.4 is 4.72 Å². The molecule has 1 saturated carbocycles. The summed E-state index contributed by atoms with van der Waals surface area (Å²) >= 11 is 5.75. The maximum atomic E-state index is 11.8. The van der Waals surface area contributed by atoms with Gasteiger partial charge in [0.15, 0.2) is 0 Å². The molecule has 0 bridgehead atoms. The summed E-state index contributed by atoms with van der Waals surface area (Å²) in [5, 5.41) is 10.5. The van der Waals surface area contributed by atoms with Crippen LogP contribution in [0.4, 0.5) is 0 Å². The summed E-state index contributed by atoms with van der Waals surface area (Å²) in [4.78, 5) is 0. The molecule has 0 spiro atoms. The van der Waals surface area contributed by atoms with Crippen LogP contribution in [0.2, 0.25) is 5.02 Å². The second-order valence-electron chi connectivity index (χ2n) is 4.99. The smallest absolute Gasteiger partial charge is 0.211 e. The molecule has 1 atom stereocenters. The van der Waals surface area contributed by atoms with Gasteiger partial charge in [-0.3, -0.25) is 0 Å². The van der Waals surface area contributed by atoms with Gasteiger partial charge < -0.3 is 5.11 Å². The Morgan fingerprint density at radius 3 is 2.47 bits per heavy atom. The molecule has 1 aliphatic rings. The van der Waals surface area contributed by atoms with E-state index in [1.54, 1.807) is 24.3 Å². The van der Waals surface area contributed by atoms with Crippen LogP contribution in [-0.2, 0) is 10.0 Å². The number of aliphatic hydroxyl groups excluding tert-OH is 1. The first kappa shape index (κ1) is 14.8. The number of hydrogen-bond acceptors (Lipinski definition) is 3. The van der Waals surface area contributed by atoms with Gasteiger partial charge in [-0.1, -0.05) is 30.2 Å². The maximum absolute atomic E-state index is 11.8. The van der Waals surface area contributed by atoms with E-state index in [1.807, 2.05) is 0 Å². The van der Waals surface area contributed by atoms with E-state index in [1.165, 1.54) is 0 Å². The van der Waals surface area contributed by atoms with Crippen molar-refractivity contribution in [3.63, 3.8) is 0 Å². The van der Waals surface area contributed by atoms with Crippen molar-refractivity contribution < 1.29 is 13.5 Å². The third kappa shape index (κ3) is 4.45. The fraction of sp³-hybridized carbons (Fsp3) is 0.538. The van der Waals surface area contributed by atoms with E-state index in [0.29, 0.717) is 10.6 Å². The minimum Gasteiger partial charge on any atom is -0.387 e. The van der Waals surface area contributed by atoms with E-state index in [0.717, 1.165) is 19.3 Å². The summed E-state index contributed by atoms with van der Waals surface area (Å²) in [6.45, 7) is -0.00329. The Kier molecular flexibility index (Phi) is 4.84. The molecule has 106 valence electrons. The fourth-order valence-corrected chi connectivity index (χ4v) is 3.65. The first-order valence-electron chi connectivity index (χ1n) is 6.37. The van der Waals surface area contributed by atoms with Crippen LogP contribution >= 0.6 is 11.6 Å². The lowest BCUT2D eigenvalue weighted by Gasteiger charge is -2.25. The number of hydrogen-bond donors (Lipinski definition) is 2. The van der Waals surface area contributed by atoms with Gasteiger partial charge in [-0.05, 0) is 36.5 Å². The maximum Gasteiger partial charge on any atom is 0.211 e. The lowest BCUT2D eigenvalue weighted by Crippen LogP contribution is -2.34. The van der Waals surface area contributed by atoms with Crippen molar-refractivity contribution in [2.45, 2.75) is 25.4 Å². The molecule has 1 aromatic rings. The van der Waals surface area contributed by atoms with Crippen molar-refractivity contribution in [1.82, 2.24) is 4.72 Å². The molecule has 6 heteroatoms. The first-order valence-corrected chi connectivity index (χ1v) is 8.40. The van der Waals surface area contributed by atoms with Gasteiger partial charge in [-0.2, -0.15) is 0 Å². The van der Waals surface area contributed by atoms with Gasteiger partial charge in [-0.25, -0.2) is 13.1 Å². The standard InChI is InChI=1S/C13H18ClNO3S/c14-12-6-4-11(5-7-12)13(16)8-15-19(17,18)9-10-2-1-3-10/h4-7,10,13,15-16H,1-3,8-9H2. The summed E-state index contributed by atoms with van der Waals surface area (Å²) in [5.74, 6) is 0.450. The van der Waals surface area contributed by atoms with E-state index < -0.39 is 16.1 Å². The second kappa shape index (κ2) is 6.22. The molecule has 0 aliphatic heterocycles. The number of nitrogens with one attached hydrogen (secondary N) is 1. The minimum atomic E-state index is -3.29. The molecule has 4 nitrogen and oxygen atoms in total. The molecular weight excluding hydrogens is 286 g/mol. The van der Waals surface area contributed by atoms with Crippen molar-refractivity contribution >= 4 is 21.6 Å².